The first-order valence-corrected chi connectivity index (χ1v) is 7.90. The molecule has 17 heteroatoms. The SMILES string of the molecule is F[B-](F)(F)F.F[B-](F)(F)F.F[B-](F)(F)F.Fc1ccccc1[CH2][K]. The van der Waals surface area contributed by atoms with Gasteiger partial charge in [0.15, 0.2) is 0 Å². The van der Waals surface area contributed by atoms with Crippen molar-refractivity contribution in [3.63, 3.8) is 0 Å². The van der Waals surface area contributed by atoms with Gasteiger partial charge in [-0.25, -0.2) is 0 Å². The second-order valence-corrected chi connectivity index (χ2v) is 4.53. The molecule has 1 aromatic rings. The van der Waals surface area contributed by atoms with E-state index in [9.17, 15) is 56.2 Å². The third-order valence-electron chi connectivity index (χ3n) is 1.34. The van der Waals surface area contributed by atoms with Gasteiger partial charge < -0.3 is 51.8 Å². The number of halogens is 13. The van der Waals surface area contributed by atoms with Gasteiger partial charge >= 0.3 is 111 Å². The van der Waals surface area contributed by atoms with Gasteiger partial charge in [0.05, 0.1) is 0 Å². The first-order chi connectivity index (χ1) is 10.3. The number of hydrogen-bond acceptors (Lipinski definition) is 0. The summed E-state index contributed by atoms with van der Waals surface area (Å²) in [6.07, 6.45) is 0. The second kappa shape index (κ2) is 13.4. The molecular formula is C7H6B3F13K-3. The fraction of sp³-hybridized carbons (Fsp3) is 0.143. The van der Waals surface area contributed by atoms with Crippen LogP contribution in [0.5, 0.6) is 0 Å². The molecule has 0 saturated heterocycles. The summed E-state index contributed by atoms with van der Waals surface area (Å²) in [7, 11) is -18.0. The molecule has 24 heavy (non-hydrogen) atoms. The molecule has 0 heterocycles. The Morgan fingerprint density at radius 2 is 0.875 bits per heavy atom. The van der Waals surface area contributed by atoms with Crippen LogP contribution in [0, 0.1) is 5.82 Å². The minimum atomic E-state index is -6.00. The third kappa shape index (κ3) is 57.3. The molecule has 0 nitrogen and oxygen atoms in total. The molecule has 0 atom stereocenters. The molecule has 138 valence electrons. The Morgan fingerprint density at radius 1 is 0.625 bits per heavy atom. The van der Waals surface area contributed by atoms with Crippen LogP contribution in [0.4, 0.5) is 56.2 Å². The Labute approximate surface area is 162 Å². The van der Waals surface area contributed by atoms with Gasteiger partial charge in [-0.1, -0.05) is 0 Å². The average Bonchev–Trinajstić information content (AvgIpc) is 2.22. The minimum absolute atomic E-state index is 0.0503. The van der Waals surface area contributed by atoms with E-state index in [1.807, 2.05) is 12.1 Å². The molecule has 0 amide bonds. The van der Waals surface area contributed by atoms with Crippen molar-refractivity contribution < 1.29 is 56.2 Å². The van der Waals surface area contributed by atoms with Crippen LogP contribution in [0.2, 0.25) is 0 Å². The Bertz CT molecular complexity index is 382. The molecule has 0 radical (unpaired) electrons. The topological polar surface area (TPSA) is 0 Å². The predicted molar refractivity (Wildman–Crippen MR) is 66.4 cm³/mol. The third-order valence-corrected chi connectivity index (χ3v) is 2.53. The zero-order chi connectivity index (χ0) is 20.2. The number of rotatable bonds is 1. The maximum absolute atomic E-state index is 12.6. The van der Waals surface area contributed by atoms with E-state index >= 15 is 0 Å². The molecule has 0 fully saturated rings. The van der Waals surface area contributed by atoms with Crippen molar-refractivity contribution >= 4 is 70.7 Å². The zero-order valence-electron chi connectivity index (χ0n) is 11.7. The molecule has 0 aliphatic rings. The van der Waals surface area contributed by atoms with Crippen molar-refractivity contribution in [2.45, 2.75) is 0.515 Å². The van der Waals surface area contributed by atoms with Crippen LogP contribution < -0.4 is 0 Å². The van der Waals surface area contributed by atoms with E-state index in [2.05, 4.69) is 0 Å². The summed E-state index contributed by atoms with van der Waals surface area (Å²) in [5.41, 5.74) is 0.873. The van der Waals surface area contributed by atoms with E-state index in [0.717, 1.165) is 55.0 Å². The van der Waals surface area contributed by atoms with Gasteiger partial charge in [0.2, 0.25) is 0 Å². The predicted octanol–water partition coefficient (Wildman–Crippen LogP) is 5.39. The van der Waals surface area contributed by atoms with E-state index in [1.54, 1.807) is 6.07 Å². The van der Waals surface area contributed by atoms with E-state index < -0.39 is 21.8 Å². The van der Waals surface area contributed by atoms with Gasteiger partial charge in [-0.2, -0.15) is 0 Å². The summed E-state index contributed by atoms with van der Waals surface area (Å²) in [4.78, 5) is 0. The van der Waals surface area contributed by atoms with E-state index in [0.29, 0.717) is 0 Å². The summed E-state index contributed by atoms with van der Waals surface area (Å²) in [6, 6.07) is 6.97. The Hall–Kier alpha value is 0.141. The Kier molecular flexibility index (Phi) is 16.1. The molecule has 0 N–H and O–H groups in total. The molecule has 0 bridgehead atoms. The zero-order valence-corrected chi connectivity index (χ0v) is 14.8. The number of hydrogen-bond donors (Lipinski definition) is 0. The van der Waals surface area contributed by atoms with Crippen LogP contribution in [0.15, 0.2) is 24.3 Å². The quantitative estimate of drug-likeness (QED) is 0.431. The monoisotopic (exact) mass is 409 g/mol. The van der Waals surface area contributed by atoms with Crippen molar-refractivity contribution in [1.29, 1.82) is 0 Å². The maximum atomic E-state index is 12.6. The first-order valence-electron chi connectivity index (χ1n) is 5.70. The standard InChI is InChI=1S/C7H6F.3BF4.K/c1-6-4-2-3-5-7(6)8;3*2-1(3,4)5;/h2-5H,1H2;;;;/q;3*-1;. The average molecular weight is 409 g/mol. The molecule has 0 aromatic heterocycles. The van der Waals surface area contributed by atoms with E-state index in [4.69, 9.17) is 0 Å². The molecule has 0 spiro atoms. The summed E-state index contributed by atoms with van der Waals surface area (Å²) in [5, 5.41) is 0. The molecular weight excluding hydrogens is 403 g/mol. The van der Waals surface area contributed by atoms with Crippen LogP contribution in [0.3, 0.4) is 0 Å². The van der Waals surface area contributed by atoms with Gasteiger partial charge in [-0.15, -0.1) is 0 Å². The fourth-order valence-corrected chi connectivity index (χ4v) is 1.68. The second-order valence-electron chi connectivity index (χ2n) is 3.43. The summed E-state index contributed by atoms with van der Waals surface area (Å²) in [6.45, 7) is 0. The molecule has 0 unspecified atom stereocenters. The Morgan fingerprint density at radius 3 is 1.04 bits per heavy atom. The Balaban J connectivity index is -0.000000259. The van der Waals surface area contributed by atoms with Gasteiger partial charge in [0.25, 0.3) is 0 Å². The number of benzene rings is 1. The molecule has 0 aliphatic heterocycles. The van der Waals surface area contributed by atoms with Crippen molar-refractivity contribution in [3.8, 4) is 0 Å². The van der Waals surface area contributed by atoms with Crippen molar-refractivity contribution in [2.75, 3.05) is 0 Å². The van der Waals surface area contributed by atoms with Gasteiger partial charge in [0, 0.05) is 0 Å². The normalized spacial score (nSPS) is 11.1. The molecule has 1 rings (SSSR count). The van der Waals surface area contributed by atoms with Crippen molar-refractivity contribution in [2.24, 2.45) is 0 Å². The summed E-state index contributed by atoms with van der Waals surface area (Å²) < 4.78 is 131. The van der Waals surface area contributed by atoms with Crippen LogP contribution in [-0.2, 0) is 0.515 Å². The summed E-state index contributed by atoms with van der Waals surface area (Å²) in [5.74, 6) is -0.0503. The van der Waals surface area contributed by atoms with Crippen LogP contribution in [0.25, 0.3) is 0 Å². The van der Waals surface area contributed by atoms with Crippen LogP contribution >= 0.6 is 0 Å². The summed E-state index contributed by atoms with van der Waals surface area (Å²) >= 11 is 0.717. The molecule has 0 saturated carbocycles. The fourth-order valence-electron chi connectivity index (χ4n) is 0.785. The van der Waals surface area contributed by atoms with Crippen LogP contribution in [0.1, 0.15) is 5.56 Å². The first kappa shape index (κ1) is 28.9. The van der Waals surface area contributed by atoms with Crippen molar-refractivity contribution in [1.82, 2.24) is 0 Å². The van der Waals surface area contributed by atoms with Gasteiger partial charge in [-0.05, 0) is 0 Å². The van der Waals surface area contributed by atoms with Gasteiger partial charge in [-0.3, -0.25) is 0 Å². The molecule has 1 aromatic carbocycles. The van der Waals surface area contributed by atoms with E-state index in [-0.39, 0.29) is 5.82 Å². The van der Waals surface area contributed by atoms with Gasteiger partial charge in [0.1, 0.15) is 0 Å². The van der Waals surface area contributed by atoms with Crippen LogP contribution in [-0.4, -0.2) is 70.7 Å². The van der Waals surface area contributed by atoms with E-state index in [1.165, 1.54) is 6.07 Å². The molecule has 0 aliphatic carbocycles. The van der Waals surface area contributed by atoms with Crippen molar-refractivity contribution in [3.05, 3.63) is 35.6 Å².